The Morgan fingerprint density at radius 1 is 0.971 bits per heavy atom. The van der Waals surface area contributed by atoms with Crippen LogP contribution in [-0.2, 0) is 11.3 Å². The maximum absolute atomic E-state index is 12.7. The molecular weight excluding hydrogens is 447 g/mol. The number of carboxylic acids is 1. The van der Waals surface area contributed by atoms with Crippen molar-refractivity contribution < 1.29 is 27.9 Å². The first-order valence-corrected chi connectivity index (χ1v) is 12.2. The molecule has 9 heteroatoms. The first kappa shape index (κ1) is 32.0. The van der Waals surface area contributed by atoms with Crippen molar-refractivity contribution in [2.75, 3.05) is 13.1 Å². The molecule has 1 aromatic carbocycles. The number of hydrogen-bond acceptors (Lipinski definition) is 5. The number of halogens is 3. The van der Waals surface area contributed by atoms with Crippen molar-refractivity contribution in [1.29, 1.82) is 0 Å². The van der Waals surface area contributed by atoms with Gasteiger partial charge in [-0.25, -0.2) is 4.79 Å². The van der Waals surface area contributed by atoms with Crippen LogP contribution < -0.4 is 16.8 Å². The van der Waals surface area contributed by atoms with Gasteiger partial charge >= 0.3 is 12.1 Å². The minimum Gasteiger partial charge on any atom is -0.475 e. The molecule has 0 unspecified atom stereocenters. The monoisotopic (exact) mass is 489 g/mol. The molecule has 0 heterocycles. The van der Waals surface area contributed by atoms with Gasteiger partial charge in [0.2, 0.25) is 0 Å². The molecule has 6 nitrogen and oxygen atoms in total. The van der Waals surface area contributed by atoms with Gasteiger partial charge < -0.3 is 21.9 Å². The van der Waals surface area contributed by atoms with Crippen LogP contribution in [-0.4, -0.2) is 42.2 Å². The van der Waals surface area contributed by atoms with Crippen LogP contribution in [0.15, 0.2) is 24.3 Å². The summed E-state index contributed by atoms with van der Waals surface area (Å²) < 4.78 is 31.7. The summed E-state index contributed by atoms with van der Waals surface area (Å²) in [5.74, 6) is -2.70. The SMILES string of the molecule is CCCCCCCCCCNCc1ccccc1C(=O)[C@@H](N)CCCCN.O=C(O)C(F)(F)F. The average Bonchev–Trinajstić information content (AvgIpc) is 2.80. The van der Waals surface area contributed by atoms with E-state index in [2.05, 4.69) is 12.2 Å². The van der Waals surface area contributed by atoms with Gasteiger partial charge in [0.15, 0.2) is 5.78 Å². The summed E-state index contributed by atoms with van der Waals surface area (Å²) in [5.41, 5.74) is 13.4. The lowest BCUT2D eigenvalue weighted by Gasteiger charge is -2.14. The number of Topliss-reactive ketones (excluding diaryl/α,β-unsaturated/α-hetero) is 1. The predicted molar refractivity (Wildman–Crippen MR) is 130 cm³/mol. The zero-order valence-electron chi connectivity index (χ0n) is 20.3. The van der Waals surface area contributed by atoms with Crippen LogP contribution in [0, 0.1) is 0 Å². The largest absolute Gasteiger partial charge is 0.490 e. The van der Waals surface area contributed by atoms with Gasteiger partial charge in [0.25, 0.3) is 0 Å². The van der Waals surface area contributed by atoms with Gasteiger partial charge in [-0.3, -0.25) is 4.79 Å². The standard InChI is InChI=1S/C23H41N3O.C2HF3O2/c1-2-3-4-5-6-7-8-13-18-26-19-20-14-9-10-15-21(20)23(27)22(25)16-11-12-17-24;3-2(4,5)1(6)7/h9-10,14-15,22,26H,2-8,11-13,16-19,24-25H2,1H3;(H,6,7)/t22-;/m0./s1. The van der Waals surface area contributed by atoms with E-state index in [1.54, 1.807) is 0 Å². The highest BCUT2D eigenvalue weighted by Gasteiger charge is 2.38. The van der Waals surface area contributed by atoms with E-state index in [9.17, 15) is 18.0 Å². The van der Waals surface area contributed by atoms with Gasteiger partial charge in [-0.2, -0.15) is 13.2 Å². The van der Waals surface area contributed by atoms with Crippen molar-refractivity contribution >= 4 is 11.8 Å². The summed E-state index contributed by atoms with van der Waals surface area (Å²) in [6, 6.07) is 7.41. The van der Waals surface area contributed by atoms with Crippen LogP contribution >= 0.6 is 0 Å². The van der Waals surface area contributed by atoms with Gasteiger partial charge in [-0.1, -0.05) is 82.6 Å². The van der Waals surface area contributed by atoms with Crippen LogP contribution in [0.5, 0.6) is 0 Å². The van der Waals surface area contributed by atoms with Gasteiger partial charge in [-0.15, -0.1) is 0 Å². The highest BCUT2D eigenvalue weighted by molar-refractivity contribution is 6.01. The third-order valence-electron chi connectivity index (χ3n) is 5.35. The number of benzene rings is 1. The summed E-state index contributed by atoms with van der Waals surface area (Å²) >= 11 is 0. The number of ketones is 1. The van der Waals surface area contributed by atoms with Crippen molar-refractivity contribution in [3.8, 4) is 0 Å². The molecule has 1 rings (SSSR count). The van der Waals surface area contributed by atoms with E-state index in [0.717, 1.165) is 37.1 Å². The molecule has 0 fully saturated rings. The van der Waals surface area contributed by atoms with Gasteiger partial charge in [0.1, 0.15) is 0 Å². The smallest absolute Gasteiger partial charge is 0.475 e. The second-order valence-corrected chi connectivity index (χ2v) is 8.37. The predicted octanol–water partition coefficient (Wildman–Crippen LogP) is 5.19. The number of carbonyl (C=O) groups excluding carboxylic acids is 1. The first-order valence-electron chi connectivity index (χ1n) is 12.2. The number of aliphatic carboxylic acids is 1. The maximum atomic E-state index is 12.7. The van der Waals surface area contributed by atoms with Crippen molar-refractivity contribution in [3.05, 3.63) is 35.4 Å². The van der Waals surface area contributed by atoms with Crippen LogP contribution in [0.2, 0.25) is 0 Å². The maximum Gasteiger partial charge on any atom is 0.490 e. The summed E-state index contributed by atoms with van der Waals surface area (Å²) in [7, 11) is 0. The number of alkyl halides is 3. The second kappa shape index (κ2) is 19.3. The quantitative estimate of drug-likeness (QED) is 0.177. The lowest BCUT2D eigenvalue weighted by Crippen LogP contribution is -2.31. The Balaban J connectivity index is 0.00000135. The van der Waals surface area contributed by atoms with Crippen molar-refractivity contribution in [1.82, 2.24) is 5.32 Å². The molecule has 0 amide bonds. The van der Waals surface area contributed by atoms with Crippen LogP contribution in [0.1, 0.15) is 93.5 Å². The zero-order chi connectivity index (χ0) is 25.8. The molecule has 196 valence electrons. The molecule has 1 aromatic rings. The van der Waals surface area contributed by atoms with Crippen molar-refractivity contribution in [3.63, 3.8) is 0 Å². The van der Waals surface area contributed by atoms with Crippen LogP contribution in [0.25, 0.3) is 0 Å². The number of rotatable bonds is 17. The summed E-state index contributed by atoms with van der Waals surface area (Å²) in [5, 5.41) is 10.6. The summed E-state index contributed by atoms with van der Waals surface area (Å²) in [6.07, 6.45) is 8.06. The number of carbonyl (C=O) groups is 2. The van der Waals surface area contributed by atoms with E-state index in [-0.39, 0.29) is 5.78 Å². The number of carboxylic acid groups (broad SMARTS) is 1. The van der Waals surface area contributed by atoms with E-state index >= 15 is 0 Å². The molecule has 1 atom stereocenters. The Labute approximate surface area is 201 Å². The van der Waals surface area contributed by atoms with Crippen LogP contribution in [0.3, 0.4) is 0 Å². The molecule has 0 bridgehead atoms. The van der Waals surface area contributed by atoms with E-state index in [1.165, 1.54) is 51.4 Å². The lowest BCUT2D eigenvalue weighted by atomic mass is 9.96. The van der Waals surface area contributed by atoms with Crippen LogP contribution in [0.4, 0.5) is 13.2 Å². The van der Waals surface area contributed by atoms with Gasteiger partial charge in [0, 0.05) is 12.1 Å². The van der Waals surface area contributed by atoms with E-state index < -0.39 is 18.2 Å². The summed E-state index contributed by atoms with van der Waals surface area (Å²) in [4.78, 5) is 21.6. The molecule has 0 spiro atoms. The third-order valence-corrected chi connectivity index (χ3v) is 5.35. The van der Waals surface area contributed by atoms with E-state index in [1.807, 2.05) is 24.3 Å². The Hall–Kier alpha value is -1.97. The Bertz CT molecular complexity index is 685. The lowest BCUT2D eigenvalue weighted by molar-refractivity contribution is -0.192. The Kier molecular flexibility index (Phi) is 18.2. The number of nitrogens with two attached hydrogens (primary N) is 2. The number of nitrogens with one attached hydrogen (secondary N) is 1. The average molecular weight is 490 g/mol. The molecule has 0 saturated heterocycles. The molecule has 0 saturated carbocycles. The van der Waals surface area contributed by atoms with Crippen molar-refractivity contribution in [2.24, 2.45) is 11.5 Å². The Morgan fingerprint density at radius 2 is 1.53 bits per heavy atom. The van der Waals surface area contributed by atoms with Gasteiger partial charge in [-0.05, 0) is 37.9 Å². The fraction of sp³-hybridized carbons (Fsp3) is 0.680. The summed E-state index contributed by atoms with van der Waals surface area (Å²) in [6.45, 7) is 4.64. The highest BCUT2D eigenvalue weighted by atomic mass is 19.4. The molecule has 6 N–H and O–H groups in total. The minimum absolute atomic E-state index is 0.0523. The fourth-order valence-electron chi connectivity index (χ4n) is 3.36. The molecule has 34 heavy (non-hydrogen) atoms. The number of hydrogen-bond donors (Lipinski definition) is 4. The van der Waals surface area contributed by atoms with E-state index in [4.69, 9.17) is 21.4 Å². The second-order valence-electron chi connectivity index (χ2n) is 8.37. The number of unbranched alkanes of at least 4 members (excludes halogenated alkanes) is 8. The normalized spacial score (nSPS) is 12.1. The topological polar surface area (TPSA) is 118 Å². The molecule has 0 aromatic heterocycles. The van der Waals surface area contributed by atoms with Gasteiger partial charge in [0.05, 0.1) is 6.04 Å². The van der Waals surface area contributed by atoms with E-state index in [0.29, 0.717) is 13.0 Å². The molecule has 0 aliphatic heterocycles. The highest BCUT2D eigenvalue weighted by Crippen LogP contribution is 2.14. The molecule has 0 radical (unpaired) electrons. The van der Waals surface area contributed by atoms with Crippen molar-refractivity contribution in [2.45, 2.75) is 96.3 Å². The minimum atomic E-state index is -5.08. The molecule has 0 aliphatic carbocycles. The zero-order valence-corrected chi connectivity index (χ0v) is 20.3. The fourth-order valence-corrected chi connectivity index (χ4v) is 3.36. The molecular formula is C25H42F3N3O3. The first-order chi connectivity index (χ1) is 16.1. The Morgan fingerprint density at radius 3 is 2.09 bits per heavy atom. The third kappa shape index (κ3) is 15.8. The molecule has 0 aliphatic rings.